The van der Waals surface area contributed by atoms with Gasteiger partial charge in [-0.25, -0.2) is 4.79 Å². The zero-order valence-electron chi connectivity index (χ0n) is 30.0. The van der Waals surface area contributed by atoms with Gasteiger partial charge in [-0.15, -0.1) is 0 Å². The van der Waals surface area contributed by atoms with Crippen molar-refractivity contribution >= 4 is 47.6 Å². The number of hydrogen-bond donors (Lipinski definition) is 1. The summed E-state index contributed by atoms with van der Waals surface area (Å²) in [5.41, 5.74) is 0.764. The van der Waals surface area contributed by atoms with Gasteiger partial charge in [0.25, 0.3) is 0 Å². The van der Waals surface area contributed by atoms with Crippen molar-refractivity contribution in [2.45, 2.75) is 57.9 Å². The van der Waals surface area contributed by atoms with E-state index in [1.165, 1.54) is 55.7 Å². The SMILES string of the molecule is [2H]C([2H])([2H])Oc1cc(/C=C/C(=O)CC(=O)/C=C/c2ccc(O[C@@H]3O[C@H](C(=O)OC)[C@@H](OC(C)=O)[C@H](OC(C)=O)[C@H]3OC(C)=O)c(OC)c2)ccc1O. The van der Waals surface area contributed by atoms with E-state index in [1.54, 1.807) is 0 Å². The van der Waals surface area contributed by atoms with Gasteiger partial charge < -0.3 is 43.0 Å². The molecule has 0 spiro atoms. The van der Waals surface area contributed by atoms with Crippen LogP contribution in [0.3, 0.4) is 0 Å². The highest BCUT2D eigenvalue weighted by Gasteiger charge is 2.56. The molecule has 0 radical (unpaired) electrons. The Kier molecular flexibility index (Phi) is 11.8. The molecule has 1 aliphatic rings. The molecule has 0 saturated carbocycles. The van der Waals surface area contributed by atoms with Crippen molar-refractivity contribution in [1.82, 2.24) is 0 Å². The molecule has 0 bridgehead atoms. The number of benzene rings is 2. The van der Waals surface area contributed by atoms with Gasteiger partial charge in [0.1, 0.15) is 0 Å². The first kappa shape index (κ1) is 33.2. The largest absolute Gasteiger partial charge is 0.504 e. The van der Waals surface area contributed by atoms with Gasteiger partial charge in [0.05, 0.1) is 31.8 Å². The molecule has 0 amide bonds. The van der Waals surface area contributed by atoms with E-state index in [2.05, 4.69) is 0 Å². The highest BCUT2D eigenvalue weighted by Crippen LogP contribution is 2.35. The molecule has 0 unspecified atom stereocenters. The van der Waals surface area contributed by atoms with Gasteiger partial charge >= 0.3 is 23.9 Å². The smallest absolute Gasteiger partial charge is 0.339 e. The van der Waals surface area contributed by atoms with Crippen molar-refractivity contribution in [3.8, 4) is 23.0 Å². The molecule has 3 rings (SSSR count). The molecule has 1 aliphatic heterocycles. The van der Waals surface area contributed by atoms with Gasteiger partial charge in [0.2, 0.25) is 12.4 Å². The number of esters is 4. The summed E-state index contributed by atoms with van der Waals surface area (Å²) in [6, 6.07) is 8.20. The van der Waals surface area contributed by atoms with Crippen LogP contribution < -0.4 is 14.2 Å². The Morgan fingerprint density at radius 3 is 1.86 bits per heavy atom. The Bertz CT molecular complexity index is 1730. The first-order chi connectivity index (χ1) is 24.4. The van der Waals surface area contributed by atoms with Crippen LogP contribution in [0.25, 0.3) is 12.2 Å². The van der Waals surface area contributed by atoms with Crippen LogP contribution in [-0.4, -0.2) is 92.5 Å². The molecule has 5 atom stereocenters. The third kappa shape index (κ3) is 10.7. The second kappa shape index (κ2) is 17.5. The first-order valence-corrected chi connectivity index (χ1v) is 14.4. The van der Waals surface area contributed by atoms with Gasteiger partial charge in [-0.3, -0.25) is 24.0 Å². The lowest BCUT2D eigenvalue weighted by Crippen LogP contribution is -2.64. The molecule has 15 nitrogen and oxygen atoms in total. The number of rotatable bonds is 14. The number of aromatic hydroxyl groups is 1. The topological polar surface area (TPSA) is 196 Å². The summed E-state index contributed by atoms with van der Waals surface area (Å²) in [5.74, 6) is -5.35. The Morgan fingerprint density at radius 2 is 1.31 bits per heavy atom. The Balaban J connectivity index is 1.79. The quantitative estimate of drug-likeness (QED) is 0.132. The molecular formula is C34H36O15. The van der Waals surface area contributed by atoms with Crippen molar-refractivity contribution < 1.29 is 75.9 Å². The second-order valence-electron chi connectivity index (χ2n) is 10.3. The van der Waals surface area contributed by atoms with Crippen LogP contribution in [0.5, 0.6) is 23.0 Å². The summed E-state index contributed by atoms with van der Waals surface area (Å²) in [6.45, 7) is 3.16. The van der Waals surface area contributed by atoms with E-state index < -0.39 is 85.4 Å². The molecule has 49 heavy (non-hydrogen) atoms. The maximum Gasteiger partial charge on any atom is 0.339 e. The lowest BCUT2D eigenvalue weighted by atomic mass is 9.97. The van der Waals surface area contributed by atoms with Crippen molar-refractivity contribution in [3.05, 3.63) is 59.7 Å². The minimum Gasteiger partial charge on any atom is -0.504 e. The zero-order valence-corrected chi connectivity index (χ0v) is 27.0. The minimum atomic E-state index is -2.80. The van der Waals surface area contributed by atoms with Crippen LogP contribution in [0.15, 0.2) is 48.6 Å². The Hall–Kier alpha value is -5.70. The molecule has 2 aromatic carbocycles. The maximum absolute atomic E-state index is 12.7. The number of hydrogen-bond acceptors (Lipinski definition) is 15. The van der Waals surface area contributed by atoms with E-state index in [-0.39, 0.29) is 17.2 Å². The lowest BCUT2D eigenvalue weighted by Gasteiger charge is -2.43. The van der Waals surface area contributed by atoms with Gasteiger partial charge in [-0.1, -0.05) is 24.3 Å². The Labute approximate surface area is 285 Å². The molecule has 0 aromatic heterocycles. The fourth-order valence-electron chi connectivity index (χ4n) is 4.57. The first-order valence-electron chi connectivity index (χ1n) is 15.9. The molecule has 15 heteroatoms. The van der Waals surface area contributed by atoms with Crippen LogP contribution >= 0.6 is 0 Å². The number of carbonyl (C=O) groups excluding carboxylic acids is 6. The van der Waals surface area contributed by atoms with Crippen molar-refractivity contribution in [1.29, 1.82) is 0 Å². The number of allylic oxidation sites excluding steroid dienone is 2. The normalized spacial score (nSPS) is 21.4. The summed E-state index contributed by atoms with van der Waals surface area (Å²) in [7, 11) is -0.445. The molecule has 1 heterocycles. The molecule has 1 N–H and O–H groups in total. The molecule has 2 aromatic rings. The van der Waals surface area contributed by atoms with Gasteiger partial charge in [-0.2, -0.15) is 0 Å². The van der Waals surface area contributed by atoms with Crippen LogP contribution in [0.1, 0.15) is 42.4 Å². The zero-order chi connectivity index (χ0) is 38.7. The third-order valence-corrected chi connectivity index (χ3v) is 6.63. The van der Waals surface area contributed by atoms with Crippen LogP contribution in [0, 0.1) is 0 Å². The maximum atomic E-state index is 12.7. The van der Waals surface area contributed by atoms with E-state index in [1.807, 2.05) is 0 Å². The monoisotopic (exact) mass is 687 g/mol. The average molecular weight is 688 g/mol. The fourth-order valence-corrected chi connectivity index (χ4v) is 4.57. The predicted octanol–water partition coefficient (Wildman–Crippen LogP) is 2.74. The third-order valence-electron chi connectivity index (χ3n) is 6.63. The minimum absolute atomic E-state index is 0.00812. The van der Waals surface area contributed by atoms with E-state index >= 15 is 0 Å². The highest BCUT2D eigenvalue weighted by molar-refractivity contribution is 6.10. The lowest BCUT2D eigenvalue weighted by molar-refractivity contribution is -0.282. The van der Waals surface area contributed by atoms with Crippen LogP contribution in [0.2, 0.25) is 0 Å². The summed E-state index contributed by atoms with van der Waals surface area (Å²) < 4.78 is 64.1. The van der Waals surface area contributed by atoms with Gasteiger partial charge in [0, 0.05) is 20.8 Å². The summed E-state index contributed by atoms with van der Waals surface area (Å²) >= 11 is 0. The second-order valence-corrected chi connectivity index (χ2v) is 10.3. The number of phenolic OH excluding ortho intramolecular Hbond substituents is 1. The van der Waals surface area contributed by atoms with Crippen molar-refractivity contribution in [2.75, 3.05) is 21.3 Å². The average Bonchev–Trinajstić information content (AvgIpc) is 3.05. The van der Waals surface area contributed by atoms with Crippen LogP contribution in [0.4, 0.5) is 0 Å². The molecular weight excluding hydrogens is 648 g/mol. The molecule has 0 aliphatic carbocycles. The number of ketones is 2. The van der Waals surface area contributed by atoms with E-state index in [9.17, 15) is 33.9 Å². The summed E-state index contributed by atoms with van der Waals surface area (Å²) in [6.07, 6.45) is -3.53. The molecule has 1 saturated heterocycles. The van der Waals surface area contributed by atoms with Gasteiger partial charge in [-0.05, 0) is 47.5 Å². The number of methoxy groups -OCH3 is 3. The van der Waals surface area contributed by atoms with E-state index in [0.29, 0.717) is 11.1 Å². The standard InChI is InChI=1S/C34H36O15/c1-18(35)45-29-30(46-19(2)36)32(47-20(3)37)34(49-31(29)33(41)44-6)48-26-14-10-22(16-28(26)43-5)8-12-24(39)17-23(38)11-7-21-9-13-25(40)27(15-21)42-4/h7-16,29-32,34,40H,17H2,1-6H3/b11-7+,12-8+/t29-,30-,31-,32+,34+/m0/s1/i4D3. The number of ether oxygens (including phenoxy) is 8. The van der Waals surface area contributed by atoms with Crippen molar-refractivity contribution in [3.63, 3.8) is 0 Å². The molecule has 1 fully saturated rings. The Morgan fingerprint density at radius 1 is 0.755 bits per heavy atom. The van der Waals surface area contributed by atoms with Gasteiger partial charge in [0.15, 0.2) is 52.9 Å². The predicted molar refractivity (Wildman–Crippen MR) is 168 cm³/mol. The van der Waals surface area contributed by atoms with E-state index in [4.69, 9.17) is 42.0 Å². The highest BCUT2D eigenvalue weighted by atomic mass is 16.7. The number of phenols is 1. The van der Waals surface area contributed by atoms with Crippen LogP contribution in [-0.2, 0) is 52.5 Å². The fraction of sp³-hybridized carbons (Fsp3) is 0.353. The van der Waals surface area contributed by atoms with E-state index in [0.717, 1.165) is 40.0 Å². The summed E-state index contributed by atoms with van der Waals surface area (Å²) in [4.78, 5) is 73.7. The summed E-state index contributed by atoms with van der Waals surface area (Å²) in [5, 5.41) is 9.81. The van der Waals surface area contributed by atoms with Crippen molar-refractivity contribution in [2.24, 2.45) is 0 Å². The molecule has 262 valence electrons. The number of carbonyl (C=O) groups is 6.